The van der Waals surface area contributed by atoms with E-state index < -0.39 is 0 Å². The molecule has 0 spiro atoms. The van der Waals surface area contributed by atoms with Crippen molar-refractivity contribution in [3.63, 3.8) is 0 Å². The van der Waals surface area contributed by atoms with Crippen molar-refractivity contribution in [2.45, 2.75) is 42.8 Å². The highest BCUT2D eigenvalue weighted by Crippen LogP contribution is 2.41. The van der Waals surface area contributed by atoms with Gasteiger partial charge in [0.1, 0.15) is 0 Å². The van der Waals surface area contributed by atoms with Gasteiger partial charge in [0, 0.05) is 31.7 Å². The Labute approximate surface area is 158 Å². The van der Waals surface area contributed by atoms with E-state index in [9.17, 15) is 14.7 Å². The van der Waals surface area contributed by atoms with Crippen LogP contribution in [0.5, 0.6) is 0 Å². The van der Waals surface area contributed by atoms with Crippen LogP contribution in [0.3, 0.4) is 0 Å². The SMILES string of the molecule is O=C(CSc1ccccn1)N1C[C@H]2C[C@@H](C1)[C@H](CO)N1C(=O)CCC[C@@H]21. The number of likely N-dealkylation sites (tertiary alicyclic amines) is 1. The molecule has 3 saturated heterocycles. The summed E-state index contributed by atoms with van der Waals surface area (Å²) in [5.41, 5.74) is 0. The number of aliphatic hydroxyl groups is 1. The third-order valence-corrected chi connectivity index (χ3v) is 6.95. The molecule has 1 aromatic heterocycles. The van der Waals surface area contributed by atoms with Crippen molar-refractivity contribution >= 4 is 23.6 Å². The molecule has 3 fully saturated rings. The van der Waals surface area contributed by atoms with Crippen molar-refractivity contribution < 1.29 is 14.7 Å². The van der Waals surface area contributed by atoms with Gasteiger partial charge in [0.05, 0.1) is 23.4 Å². The lowest BCUT2D eigenvalue weighted by atomic mass is 9.72. The van der Waals surface area contributed by atoms with Crippen LogP contribution in [0.2, 0.25) is 0 Å². The quantitative estimate of drug-likeness (QED) is 0.805. The zero-order valence-electron chi connectivity index (χ0n) is 14.8. The molecular weight excluding hydrogens is 350 g/mol. The Morgan fingerprint density at radius 1 is 1.31 bits per heavy atom. The first-order valence-corrected chi connectivity index (χ1v) is 10.4. The van der Waals surface area contributed by atoms with E-state index in [1.165, 1.54) is 11.8 Å². The Morgan fingerprint density at radius 3 is 2.92 bits per heavy atom. The predicted octanol–water partition coefficient (Wildman–Crippen LogP) is 1.39. The zero-order chi connectivity index (χ0) is 18.1. The highest BCUT2D eigenvalue weighted by Gasteiger charge is 2.49. The van der Waals surface area contributed by atoms with Crippen LogP contribution in [-0.2, 0) is 9.59 Å². The number of pyridine rings is 1. The summed E-state index contributed by atoms with van der Waals surface area (Å²) in [4.78, 5) is 33.4. The summed E-state index contributed by atoms with van der Waals surface area (Å²) in [7, 11) is 0. The average Bonchev–Trinajstić information content (AvgIpc) is 2.68. The lowest BCUT2D eigenvalue weighted by molar-refractivity contribution is -0.158. The predicted molar refractivity (Wildman–Crippen MR) is 98.5 cm³/mol. The normalized spacial score (nSPS) is 30.9. The first-order valence-electron chi connectivity index (χ1n) is 9.41. The molecule has 26 heavy (non-hydrogen) atoms. The third kappa shape index (κ3) is 3.34. The largest absolute Gasteiger partial charge is 0.394 e. The van der Waals surface area contributed by atoms with Crippen LogP contribution < -0.4 is 0 Å². The molecule has 2 amide bonds. The maximum atomic E-state index is 12.8. The summed E-state index contributed by atoms with van der Waals surface area (Å²) in [5, 5.41) is 10.8. The first kappa shape index (κ1) is 17.8. The number of hydrogen-bond donors (Lipinski definition) is 1. The fourth-order valence-corrected chi connectivity index (χ4v) is 5.64. The van der Waals surface area contributed by atoms with E-state index in [1.54, 1.807) is 6.20 Å². The zero-order valence-corrected chi connectivity index (χ0v) is 15.6. The fraction of sp³-hybridized carbons (Fsp3) is 0.632. The van der Waals surface area contributed by atoms with Gasteiger partial charge in [0.25, 0.3) is 0 Å². The highest BCUT2D eigenvalue weighted by atomic mass is 32.2. The molecule has 6 nitrogen and oxygen atoms in total. The minimum Gasteiger partial charge on any atom is -0.394 e. The Kier molecular flexibility index (Phi) is 5.18. The second kappa shape index (κ2) is 7.56. The van der Waals surface area contributed by atoms with Crippen LogP contribution >= 0.6 is 11.8 Å². The van der Waals surface area contributed by atoms with Gasteiger partial charge in [-0.2, -0.15) is 0 Å². The van der Waals surface area contributed by atoms with Crippen molar-refractivity contribution in [3.05, 3.63) is 24.4 Å². The second-order valence-electron chi connectivity index (χ2n) is 7.52. The Morgan fingerprint density at radius 2 is 2.15 bits per heavy atom. The number of carbonyl (C=O) groups excluding carboxylic acids is 2. The molecule has 0 radical (unpaired) electrons. The van der Waals surface area contributed by atoms with Crippen molar-refractivity contribution in [3.8, 4) is 0 Å². The van der Waals surface area contributed by atoms with Crippen molar-refractivity contribution in [1.82, 2.24) is 14.8 Å². The van der Waals surface area contributed by atoms with Crippen molar-refractivity contribution in [2.24, 2.45) is 11.8 Å². The number of carbonyl (C=O) groups is 2. The summed E-state index contributed by atoms with van der Waals surface area (Å²) in [6, 6.07) is 5.75. The standard InChI is InChI=1S/C19H25N3O3S/c23-11-16-14-8-13(15-4-3-6-18(24)22(15)16)9-21(10-14)19(25)12-26-17-5-1-2-7-20-17/h1-2,5,7,13-16,23H,3-4,6,8-12H2/t13-,14+,15+,16+/m1/s1. The van der Waals surface area contributed by atoms with E-state index in [2.05, 4.69) is 4.98 Å². The van der Waals surface area contributed by atoms with Gasteiger partial charge in [-0.15, -0.1) is 0 Å². The number of piperidine rings is 3. The van der Waals surface area contributed by atoms with Gasteiger partial charge in [-0.1, -0.05) is 17.8 Å². The topological polar surface area (TPSA) is 73.7 Å². The lowest BCUT2D eigenvalue weighted by Crippen LogP contribution is -2.66. The second-order valence-corrected chi connectivity index (χ2v) is 8.52. The van der Waals surface area contributed by atoms with Crippen molar-refractivity contribution in [2.75, 3.05) is 25.4 Å². The molecule has 4 heterocycles. The molecule has 0 aromatic carbocycles. The summed E-state index contributed by atoms with van der Waals surface area (Å²) in [5.74, 6) is 1.21. The molecule has 4 rings (SSSR count). The minimum absolute atomic E-state index is 0.00958. The van der Waals surface area contributed by atoms with Gasteiger partial charge < -0.3 is 14.9 Å². The van der Waals surface area contributed by atoms with E-state index in [-0.39, 0.29) is 36.4 Å². The van der Waals surface area contributed by atoms with Crippen LogP contribution in [-0.4, -0.2) is 69.2 Å². The Balaban J connectivity index is 1.44. The number of aliphatic hydroxyl groups excluding tert-OH is 1. The van der Waals surface area contributed by atoms with Crippen LogP contribution in [0.15, 0.2) is 29.4 Å². The van der Waals surface area contributed by atoms with Crippen LogP contribution in [0.25, 0.3) is 0 Å². The van der Waals surface area contributed by atoms with Gasteiger partial charge >= 0.3 is 0 Å². The summed E-state index contributed by atoms with van der Waals surface area (Å²) in [6.07, 6.45) is 5.25. The molecule has 3 aliphatic rings. The van der Waals surface area contributed by atoms with Gasteiger partial charge in [0.2, 0.25) is 11.8 Å². The summed E-state index contributed by atoms with van der Waals surface area (Å²) < 4.78 is 0. The number of aromatic nitrogens is 1. The molecule has 4 atom stereocenters. The Hall–Kier alpha value is -1.60. The van der Waals surface area contributed by atoms with Crippen LogP contribution in [0.1, 0.15) is 25.7 Å². The van der Waals surface area contributed by atoms with Gasteiger partial charge in [0.15, 0.2) is 0 Å². The van der Waals surface area contributed by atoms with Crippen LogP contribution in [0, 0.1) is 11.8 Å². The minimum atomic E-state index is -0.136. The summed E-state index contributed by atoms with van der Waals surface area (Å²) >= 11 is 1.46. The van der Waals surface area contributed by atoms with E-state index in [1.807, 2.05) is 28.0 Å². The summed E-state index contributed by atoms with van der Waals surface area (Å²) in [6.45, 7) is 1.36. The number of amides is 2. The average molecular weight is 375 g/mol. The highest BCUT2D eigenvalue weighted by molar-refractivity contribution is 7.99. The molecule has 0 unspecified atom stereocenters. The Bertz CT molecular complexity index is 657. The first-order chi connectivity index (χ1) is 12.7. The fourth-order valence-electron chi connectivity index (χ4n) is 4.87. The molecule has 7 heteroatoms. The molecular formula is C19H25N3O3S. The molecule has 0 saturated carbocycles. The molecule has 1 aromatic rings. The third-order valence-electron chi connectivity index (χ3n) is 6.02. The van der Waals surface area contributed by atoms with Gasteiger partial charge in [-0.3, -0.25) is 9.59 Å². The van der Waals surface area contributed by atoms with Gasteiger partial charge in [-0.05, 0) is 43.2 Å². The van der Waals surface area contributed by atoms with Crippen molar-refractivity contribution in [1.29, 1.82) is 0 Å². The number of rotatable bonds is 4. The molecule has 2 bridgehead atoms. The molecule has 3 aliphatic heterocycles. The maximum Gasteiger partial charge on any atom is 0.233 e. The number of fused-ring (bicyclic) bond motifs is 4. The van der Waals surface area contributed by atoms with E-state index in [0.29, 0.717) is 24.6 Å². The van der Waals surface area contributed by atoms with E-state index >= 15 is 0 Å². The van der Waals surface area contributed by atoms with E-state index in [4.69, 9.17) is 0 Å². The monoisotopic (exact) mass is 375 g/mol. The smallest absolute Gasteiger partial charge is 0.233 e. The van der Waals surface area contributed by atoms with Gasteiger partial charge in [-0.25, -0.2) is 4.98 Å². The molecule has 0 aliphatic carbocycles. The molecule has 140 valence electrons. The number of thioether (sulfide) groups is 1. The van der Waals surface area contributed by atoms with Crippen LogP contribution in [0.4, 0.5) is 0 Å². The van der Waals surface area contributed by atoms with E-state index in [0.717, 1.165) is 30.8 Å². The number of nitrogens with zero attached hydrogens (tertiary/aromatic N) is 3. The maximum absolute atomic E-state index is 12.8. The number of hydrogen-bond acceptors (Lipinski definition) is 5. The lowest BCUT2D eigenvalue weighted by Gasteiger charge is -2.56. The molecule has 1 N–H and O–H groups in total.